The molecule has 0 unspecified atom stereocenters. The highest BCUT2D eigenvalue weighted by molar-refractivity contribution is 5.82. The van der Waals surface area contributed by atoms with E-state index < -0.39 is 0 Å². The number of nitrogens with two attached hydrogens (primary N) is 1. The molecule has 4 heteroatoms. The van der Waals surface area contributed by atoms with Crippen LogP contribution in [0.15, 0.2) is 0 Å². The average molecular weight is 196 g/mol. The summed E-state index contributed by atoms with van der Waals surface area (Å²) in [5, 5.41) is 0. The van der Waals surface area contributed by atoms with Crippen LogP contribution in [0.2, 0.25) is 0 Å². The van der Waals surface area contributed by atoms with Crippen molar-refractivity contribution in [2.24, 2.45) is 17.6 Å². The summed E-state index contributed by atoms with van der Waals surface area (Å²) in [5.74, 6) is 0.0922. The number of nitrogens with zero attached hydrogens (tertiary/aromatic N) is 1. The fourth-order valence-corrected chi connectivity index (χ4v) is 2.11. The standard InChI is InChI=1S/C10H16N2O2/c11-9(13)8-4-5-12(6-8)10(14)7-2-1-3-7/h7-8H,1-6H2,(H2,11,13)/t8-/m0/s1. The van der Waals surface area contributed by atoms with Crippen molar-refractivity contribution < 1.29 is 9.59 Å². The lowest BCUT2D eigenvalue weighted by Gasteiger charge is -2.28. The summed E-state index contributed by atoms with van der Waals surface area (Å²) >= 11 is 0. The van der Waals surface area contributed by atoms with Crippen molar-refractivity contribution in [2.75, 3.05) is 13.1 Å². The van der Waals surface area contributed by atoms with Gasteiger partial charge in [0.25, 0.3) is 0 Å². The summed E-state index contributed by atoms with van der Waals surface area (Å²) in [5.41, 5.74) is 5.21. The first-order valence-electron chi connectivity index (χ1n) is 5.26. The minimum absolute atomic E-state index is 0.112. The first-order valence-corrected chi connectivity index (χ1v) is 5.26. The predicted octanol–water partition coefficient (Wildman–Crippen LogP) is 0.120. The molecular weight excluding hydrogens is 180 g/mol. The van der Waals surface area contributed by atoms with E-state index in [1.807, 2.05) is 0 Å². The molecule has 4 nitrogen and oxygen atoms in total. The number of primary amides is 1. The normalized spacial score (nSPS) is 27.4. The summed E-state index contributed by atoms with van der Waals surface area (Å²) in [4.78, 5) is 24.5. The van der Waals surface area contributed by atoms with Crippen LogP contribution in [0.4, 0.5) is 0 Å². The molecule has 14 heavy (non-hydrogen) atoms. The second-order valence-electron chi connectivity index (χ2n) is 4.30. The highest BCUT2D eigenvalue weighted by Gasteiger charge is 2.35. The van der Waals surface area contributed by atoms with Crippen molar-refractivity contribution in [3.8, 4) is 0 Å². The molecule has 1 heterocycles. The lowest BCUT2D eigenvalue weighted by Crippen LogP contribution is -2.38. The third-order valence-corrected chi connectivity index (χ3v) is 3.36. The van der Waals surface area contributed by atoms with Crippen LogP contribution in [0.25, 0.3) is 0 Å². The molecule has 1 aliphatic carbocycles. The lowest BCUT2D eigenvalue weighted by molar-refractivity contribution is -0.137. The number of hydrogen-bond donors (Lipinski definition) is 1. The minimum Gasteiger partial charge on any atom is -0.369 e. The molecule has 0 aromatic carbocycles. The van der Waals surface area contributed by atoms with E-state index in [0.717, 1.165) is 19.3 Å². The van der Waals surface area contributed by atoms with E-state index in [-0.39, 0.29) is 23.7 Å². The van der Waals surface area contributed by atoms with E-state index >= 15 is 0 Å². The third kappa shape index (κ3) is 1.61. The maximum atomic E-state index is 11.8. The molecule has 2 amide bonds. The third-order valence-electron chi connectivity index (χ3n) is 3.36. The average Bonchev–Trinajstić information content (AvgIpc) is 2.48. The van der Waals surface area contributed by atoms with Gasteiger partial charge in [-0.15, -0.1) is 0 Å². The Bertz CT molecular complexity index is 261. The molecule has 2 rings (SSSR count). The van der Waals surface area contributed by atoms with E-state index in [9.17, 15) is 9.59 Å². The smallest absolute Gasteiger partial charge is 0.225 e. The molecule has 0 aromatic rings. The van der Waals surface area contributed by atoms with Crippen molar-refractivity contribution in [1.82, 2.24) is 4.90 Å². The highest BCUT2D eigenvalue weighted by Crippen LogP contribution is 2.30. The molecule has 2 N–H and O–H groups in total. The van der Waals surface area contributed by atoms with E-state index in [1.165, 1.54) is 6.42 Å². The number of rotatable bonds is 2. The van der Waals surface area contributed by atoms with Crippen molar-refractivity contribution in [3.05, 3.63) is 0 Å². The molecule has 2 fully saturated rings. The Morgan fingerprint density at radius 1 is 1.14 bits per heavy atom. The van der Waals surface area contributed by atoms with Crippen LogP contribution >= 0.6 is 0 Å². The Labute approximate surface area is 83.4 Å². The Morgan fingerprint density at radius 2 is 1.86 bits per heavy atom. The summed E-state index contributed by atoms with van der Waals surface area (Å²) < 4.78 is 0. The predicted molar refractivity (Wildman–Crippen MR) is 51.2 cm³/mol. The fourth-order valence-electron chi connectivity index (χ4n) is 2.11. The quantitative estimate of drug-likeness (QED) is 0.681. The molecular formula is C10H16N2O2. The first-order chi connectivity index (χ1) is 6.68. The molecule has 1 atom stereocenters. The Kier molecular flexibility index (Phi) is 2.44. The summed E-state index contributed by atoms with van der Waals surface area (Å²) in [7, 11) is 0. The summed E-state index contributed by atoms with van der Waals surface area (Å²) in [6, 6.07) is 0. The van der Waals surface area contributed by atoms with Gasteiger partial charge in [-0.25, -0.2) is 0 Å². The van der Waals surface area contributed by atoms with Crippen LogP contribution in [0.1, 0.15) is 25.7 Å². The molecule has 1 saturated heterocycles. The Hall–Kier alpha value is -1.06. The van der Waals surface area contributed by atoms with Crippen LogP contribution in [0.5, 0.6) is 0 Å². The molecule has 2 aliphatic rings. The second kappa shape index (κ2) is 3.59. The van der Waals surface area contributed by atoms with Gasteiger partial charge in [0.05, 0.1) is 5.92 Å². The molecule has 0 radical (unpaired) electrons. The van der Waals surface area contributed by atoms with Gasteiger partial charge in [-0.2, -0.15) is 0 Å². The molecule has 0 spiro atoms. The number of carbonyl (C=O) groups excluding carboxylic acids is 2. The van der Waals surface area contributed by atoms with E-state index in [4.69, 9.17) is 5.73 Å². The molecule has 1 saturated carbocycles. The zero-order valence-electron chi connectivity index (χ0n) is 8.24. The maximum absolute atomic E-state index is 11.8. The minimum atomic E-state index is -0.270. The summed E-state index contributed by atoms with van der Waals surface area (Å²) in [6.45, 7) is 1.26. The molecule has 78 valence electrons. The zero-order valence-corrected chi connectivity index (χ0v) is 8.24. The van der Waals surface area contributed by atoms with Gasteiger partial charge in [-0.05, 0) is 19.3 Å². The van der Waals surface area contributed by atoms with Crippen LogP contribution in [0.3, 0.4) is 0 Å². The molecule has 0 bridgehead atoms. The van der Waals surface area contributed by atoms with Gasteiger partial charge in [0.15, 0.2) is 0 Å². The van der Waals surface area contributed by atoms with Crippen LogP contribution in [0, 0.1) is 11.8 Å². The van der Waals surface area contributed by atoms with Gasteiger partial charge in [0.1, 0.15) is 0 Å². The first kappa shape index (κ1) is 9.49. The van der Waals surface area contributed by atoms with Crippen LogP contribution in [-0.2, 0) is 9.59 Å². The largest absolute Gasteiger partial charge is 0.369 e. The fraction of sp³-hybridized carbons (Fsp3) is 0.800. The van der Waals surface area contributed by atoms with E-state index in [1.54, 1.807) is 4.90 Å². The van der Waals surface area contributed by atoms with Gasteiger partial charge in [0, 0.05) is 19.0 Å². The topological polar surface area (TPSA) is 63.4 Å². The number of carbonyl (C=O) groups is 2. The van der Waals surface area contributed by atoms with Crippen molar-refractivity contribution in [3.63, 3.8) is 0 Å². The van der Waals surface area contributed by atoms with E-state index in [2.05, 4.69) is 0 Å². The number of amides is 2. The van der Waals surface area contributed by atoms with E-state index in [0.29, 0.717) is 13.1 Å². The maximum Gasteiger partial charge on any atom is 0.225 e. The SMILES string of the molecule is NC(=O)[C@H]1CCN(C(=O)C2CCC2)C1. The van der Waals surface area contributed by atoms with Gasteiger partial charge in [-0.1, -0.05) is 6.42 Å². The van der Waals surface area contributed by atoms with Crippen molar-refractivity contribution >= 4 is 11.8 Å². The molecule has 0 aromatic heterocycles. The van der Waals surface area contributed by atoms with Gasteiger partial charge in [-0.3, -0.25) is 9.59 Å². The zero-order chi connectivity index (χ0) is 10.1. The van der Waals surface area contributed by atoms with Gasteiger partial charge >= 0.3 is 0 Å². The van der Waals surface area contributed by atoms with Gasteiger partial charge < -0.3 is 10.6 Å². The lowest BCUT2D eigenvalue weighted by atomic mass is 9.84. The second-order valence-corrected chi connectivity index (χ2v) is 4.30. The van der Waals surface area contributed by atoms with Crippen LogP contribution in [-0.4, -0.2) is 29.8 Å². The van der Waals surface area contributed by atoms with Gasteiger partial charge in [0.2, 0.25) is 11.8 Å². The van der Waals surface area contributed by atoms with Crippen LogP contribution < -0.4 is 5.73 Å². The monoisotopic (exact) mass is 196 g/mol. The molecule has 1 aliphatic heterocycles. The number of hydrogen-bond acceptors (Lipinski definition) is 2. The highest BCUT2D eigenvalue weighted by atomic mass is 16.2. The van der Waals surface area contributed by atoms with Crippen molar-refractivity contribution in [1.29, 1.82) is 0 Å². The Balaban J connectivity index is 1.88. The van der Waals surface area contributed by atoms with Crippen molar-refractivity contribution in [2.45, 2.75) is 25.7 Å². The summed E-state index contributed by atoms with van der Waals surface area (Å²) in [6.07, 6.45) is 3.96. The number of likely N-dealkylation sites (tertiary alicyclic amines) is 1. The Morgan fingerprint density at radius 3 is 2.29 bits per heavy atom.